The monoisotopic (exact) mass is 473 g/mol. The molecule has 2 aromatic heterocycles. The van der Waals surface area contributed by atoms with E-state index in [1.165, 1.54) is 23.4 Å². The minimum atomic E-state index is -0.408. The molecule has 4 aromatic rings. The Morgan fingerprint density at radius 2 is 1.94 bits per heavy atom. The SMILES string of the molecule is CC(C)c1ccc([C@@H]2CC(=O)c3cn4nc(SCc5cccc([N+](=O)[O-])c5)nc4nc3C2)cc1. The number of nitro benzene ring substituents is 1. The van der Waals surface area contributed by atoms with Gasteiger partial charge in [-0.2, -0.15) is 4.98 Å². The number of nitrogens with zero attached hydrogens (tertiary/aromatic N) is 5. The number of rotatable bonds is 6. The maximum absolute atomic E-state index is 12.9. The number of fused-ring (bicyclic) bond motifs is 2. The molecule has 0 N–H and O–H groups in total. The van der Waals surface area contributed by atoms with E-state index in [1.807, 2.05) is 6.07 Å². The molecule has 2 aromatic carbocycles. The van der Waals surface area contributed by atoms with Crippen molar-refractivity contribution in [1.29, 1.82) is 0 Å². The van der Waals surface area contributed by atoms with Crippen molar-refractivity contribution in [2.24, 2.45) is 0 Å². The Bertz CT molecular complexity index is 1400. The van der Waals surface area contributed by atoms with Gasteiger partial charge in [0.05, 0.1) is 16.2 Å². The van der Waals surface area contributed by atoms with Gasteiger partial charge in [-0.3, -0.25) is 14.9 Å². The van der Waals surface area contributed by atoms with Crippen molar-refractivity contribution in [2.75, 3.05) is 0 Å². The van der Waals surface area contributed by atoms with Gasteiger partial charge in [-0.1, -0.05) is 62.0 Å². The quantitative estimate of drug-likeness (QED) is 0.211. The standard InChI is InChI=1S/C25H23N5O3S/c1-15(2)17-6-8-18(9-7-17)19-11-22-21(23(31)12-19)13-29-24(26-22)27-25(28-29)34-14-16-4-3-5-20(10-16)30(32)33/h3-10,13,15,19H,11-12,14H2,1-2H3/t19-/m0/s1. The fraction of sp³-hybridized carbons (Fsp3) is 0.280. The van der Waals surface area contributed by atoms with Crippen LogP contribution in [0.2, 0.25) is 0 Å². The first-order valence-corrected chi connectivity index (χ1v) is 12.1. The second-order valence-corrected chi connectivity index (χ2v) is 9.75. The van der Waals surface area contributed by atoms with Gasteiger partial charge in [-0.25, -0.2) is 9.50 Å². The average Bonchev–Trinajstić information content (AvgIpc) is 3.23. The van der Waals surface area contributed by atoms with Crippen LogP contribution in [0.5, 0.6) is 0 Å². The van der Waals surface area contributed by atoms with Gasteiger partial charge in [0, 0.05) is 30.5 Å². The van der Waals surface area contributed by atoms with Crippen molar-refractivity contribution in [3.05, 3.63) is 92.8 Å². The fourth-order valence-electron chi connectivity index (χ4n) is 4.22. The third-order valence-electron chi connectivity index (χ3n) is 6.13. The largest absolute Gasteiger partial charge is 0.294 e. The zero-order chi connectivity index (χ0) is 23.8. The lowest BCUT2D eigenvalue weighted by Gasteiger charge is -2.23. The molecule has 0 radical (unpaired) electrons. The molecule has 0 unspecified atom stereocenters. The molecule has 1 aliphatic rings. The third-order valence-corrected chi connectivity index (χ3v) is 7.04. The highest BCUT2D eigenvalue weighted by Gasteiger charge is 2.28. The van der Waals surface area contributed by atoms with Crippen LogP contribution in [0.15, 0.2) is 59.9 Å². The molecule has 0 fully saturated rings. The summed E-state index contributed by atoms with van der Waals surface area (Å²) in [5.41, 5.74) is 4.66. The molecular formula is C25H23N5O3S. The number of ketones is 1. The van der Waals surface area contributed by atoms with E-state index in [2.05, 4.69) is 53.2 Å². The highest BCUT2D eigenvalue weighted by molar-refractivity contribution is 7.98. The van der Waals surface area contributed by atoms with E-state index >= 15 is 0 Å². The van der Waals surface area contributed by atoms with E-state index in [4.69, 9.17) is 0 Å². The molecule has 8 nitrogen and oxygen atoms in total. The number of carbonyl (C=O) groups excluding carboxylic acids is 1. The van der Waals surface area contributed by atoms with Gasteiger partial charge in [0.2, 0.25) is 5.16 Å². The Balaban J connectivity index is 1.36. The molecule has 0 bridgehead atoms. The first kappa shape index (κ1) is 22.2. The molecule has 0 aliphatic heterocycles. The number of carbonyl (C=O) groups is 1. The number of hydrogen-bond donors (Lipinski definition) is 0. The molecule has 2 heterocycles. The number of non-ortho nitro benzene ring substituents is 1. The summed E-state index contributed by atoms with van der Waals surface area (Å²) in [5, 5.41) is 15.9. The van der Waals surface area contributed by atoms with Gasteiger partial charge in [-0.05, 0) is 34.9 Å². The van der Waals surface area contributed by atoms with Crippen molar-refractivity contribution < 1.29 is 9.72 Å². The highest BCUT2D eigenvalue weighted by Crippen LogP contribution is 2.33. The van der Waals surface area contributed by atoms with Crippen LogP contribution in [0.4, 0.5) is 5.69 Å². The average molecular weight is 474 g/mol. The van der Waals surface area contributed by atoms with Crippen molar-refractivity contribution in [2.45, 2.75) is 49.4 Å². The summed E-state index contributed by atoms with van der Waals surface area (Å²) in [6.45, 7) is 4.33. The van der Waals surface area contributed by atoms with Crippen LogP contribution in [0.3, 0.4) is 0 Å². The number of nitro groups is 1. The fourth-order valence-corrected chi connectivity index (χ4v) is 4.99. The predicted octanol–water partition coefficient (Wildman–Crippen LogP) is 5.36. The topological polar surface area (TPSA) is 103 Å². The second-order valence-electron chi connectivity index (χ2n) is 8.81. The van der Waals surface area contributed by atoms with Gasteiger partial charge >= 0.3 is 0 Å². The molecule has 0 amide bonds. The summed E-state index contributed by atoms with van der Waals surface area (Å²) in [7, 11) is 0. The summed E-state index contributed by atoms with van der Waals surface area (Å²) in [4.78, 5) is 32.7. The molecule has 1 atom stereocenters. The van der Waals surface area contributed by atoms with Crippen LogP contribution < -0.4 is 0 Å². The number of Topliss-reactive ketones (excluding diaryl/α,β-unsaturated/α-hetero) is 1. The van der Waals surface area contributed by atoms with E-state index in [0.717, 1.165) is 16.8 Å². The molecule has 9 heteroatoms. The van der Waals surface area contributed by atoms with Crippen LogP contribution >= 0.6 is 11.8 Å². The van der Waals surface area contributed by atoms with Gasteiger partial charge < -0.3 is 0 Å². The van der Waals surface area contributed by atoms with Crippen LogP contribution in [-0.4, -0.2) is 30.3 Å². The van der Waals surface area contributed by atoms with E-state index in [0.29, 0.717) is 41.0 Å². The molecule has 0 saturated carbocycles. The van der Waals surface area contributed by atoms with Gasteiger partial charge in [0.15, 0.2) is 5.78 Å². The molecule has 0 spiro atoms. The van der Waals surface area contributed by atoms with E-state index in [-0.39, 0.29) is 17.4 Å². The maximum atomic E-state index is 12.9. The lowest BCUT2D eigenvalue weighted by atomic mass is 9.81. The van der Waals surface area contributed by atoms with Crippen molar-refractivity contribution in [3.8, 4) is 0 Å². The Kier molecular flexibility index (Phi) is 5.87. The summed E-state index contributed by atoms with van der Waals surface area (Å²) in [6.07, 6.45) is 2.86. The minimum absolute atomic E-state index is 0.0577. The Morgan fingerprint density at radius 1 is 1.15 bits per heavy atom. The predicted molar refractivity (Wildman–Crippen MR) is 129 cm³/mol. The number of benzene rings is 2. The third kappa shape index (κ3) is 4.43. The molecule has 5 rings (SSSR count). The van der Waals surface area contributed by atoms with E-state index in [9.17, 15) is 14.9 Å². The molecule has 0 saturated heterocycles. The maximum Gasteiger partial charge on any atom is 0.269 e. The van der Waals surface area contributed by atoms with E-state index in [1.54, 1.807) is 22.8 Å². The lowest BCUT2D eigenvalue weighted by Crippen LogP contribution is -2.21. The van der Waals surface area contributed by atoms with Crippen LogP contribution in [0.25, 0.3) is 5.78 Å². The zero-order valence-corrected chi connectivity index (χ0v) is 19.7. The van der Waals surface area contributed by atoms with Crippen molar-refractivity contribution in [3.63, 3.8) is 0 Å². The second kappa shape index (κ2) is 8.98. The van der Waals surface area contributed by atoms with Crippen LogP contribution in [0, 0.1) is 10.1 Å². The normalized spacial score (nSPS) is 15.6. The highest BCUT2D eigenvalue weighted by atomic mass is 32.2. The number of hydrogen-bond acceptors (Lipinski definition) is 7. The summed E-state index contributed by atoms with van der Waals surface area (Å²) < 4.78 is 1.55. The van der Waals surface area contributed by atoms with Gasteiger partial charge in [-0.15, -0.1) is 5.10 Å². The molecule has 1 aliphatic carbocycles. The summed E-state index contributed by atoms with van der Waals surface area (Å²) in [6, 6.07) is 15.0. The number of thioether (sulfide) groups is 1. The summed E-state index contributed by atoms with van der Waals surface area (Å²) >= 11 is 1.37. The minimum Gasteiger partial charge on any atom is -0.294 e. The van der Waals surface area contributed by atoms with Crippen molar-refractivity contribution >= 4 is 29.0 Å². The summed E-state index contributed by atoms with van der Waals surface area (Å²) in [5.74, 6) is 1.57. The molecule has 172 valence electrons. The molecular weight excluding hydrogens is 450 g/mol. The first-order chi connectivity index (χ1) is 16.4. The smallest absolute Gasteiger partial charge is 0.269 e. The van der Waals surface area contributed by atoms with Crippen molar-refractivity contribution in [1.82, 2.24) is 19.6 Å². The van der Waals surface area contributed by atoms with E-state index < -0.39 is 4.92 Å². The Morgan fingerprint density at radius 3 is 2.68 bits per heavy atom. The number of aromatic nitrogens is 4. The van der Waals surface area contributed by atoms with Crippen LogP contribution in [-0.2, 0) is 12.2 Å². The Labute approximate surface area is 200 Å². The van der Waals surface area contributed by atoms with Crippen LogP contribution in [0.1, 0.15) is 64.8 Å². The first-order valence-electron chi connectivity index (χ1n) is 11.1. The van der Waals surface area contributed by atoms with Gasteiger partial charge in [0.1, 0.15) is 0 Å². The van der Waals surface area contributed by atoms with Gasteiger partial charge in [0.25, 0.3) is 11.5 Å². The Hall–Kier alpha value is -3.59. The lowest BCUT2D eigenvalue weighted by molar-refractivity contribution is -0.384. The molecule has 34 heavy (non-hydrogen) atoms. The zero-order valence-electron chi connectivity index (χ0n) is 18.8.